The van der Waals surface area contributed by atoms with Crippen LogP contribution in [-0.2, 0) is 9.05 Å². The van der Waals surface area contributed by atoms with E-state index in [0.29, 0.717) is 12.2 Å². The van der Waals surface area contributed by atoms with Crippen molar-refractivity contribution in [3.63, 3.8) is 0 Å². The summed E-state index contributed by atoms with van der Waals surface area (Å²) < 4.78 is 12.8. The van der Waals surface area contributed by atoms with Crippen LogP contribution in [0, 0.1) is 11.8 Å². The molecule has 0 fully saturated rings. The average molecular weight is 424 g/mol. The van der Waals surface area contributed by atoms with Crippen LogP contribution >= 0.6 is 7.72 Å². The molecule has 0 heterocycles. The predicted molar refractivity (Wildman–Crippen MR) is 124 cm³/mol. The number of hydrogen-bond donors (Lipinski definition) is 1. The van der Waals surface area contributed by atoms with E-state index in [9.17, 15) is 9.90 Å². The molecule has 0 amide bonds. The number of hydrogen-bond acceptors (Lipinski definition) is 4. The third-order valence-electron chi connectivity index (χ3n) is 5.36. The Bertz CT molecular complexity index is 876. The monoisotopic (exact) mass is 424 g/mol. The molecule has 1 N–H and O–H groups in total. The first-order valence-corrected chi connectivity index (χ1v) is 12.0. The van der Waals surface area contributed by atoms with E-state index in [4.69, 9.17) is 9.05 Å². The molecular weight excluding hydrogens is 395 g/mol. The summed E-state index contributed by atoms with van der Waals surface area (Å²) in [5.74, 6) is -0.226. The third-order valence-corrected chi connectivity index (χ3v) is 8.60. The number of aliphatic hydroxyl groups is 1. The van der Waals surface area contributed by atoms with Crippen LogP contribution in [0.4, 0.5) is 0 Å². The normalized spacial score (nSPS) is 14.0. The van der Waals surface area contributed by atoms with Crippen LogP contribution in [0.15, 0.2) is 91.0 Å². The topological polar surface area (TPSA) is 55.8 Å². The van der Waals surface area contributed by atoms with Crippen molar-refractivity contribution in [3.8, 4) is 0 Å². The van der Waals surface area contributed by atoms with Crippen molar-refractivity contribution in [2.24, 2.45) is 11.8 Å². The molecule has 3 aromatic rings. The molecule has 0 aliphatic carbocycles. The maximum atomic E-state index is 13.1. The molecule has 0 radical (unpaired) electrons. The van der Waals surface area contributed by atoms with Crippen molar-refractivity contribution in [1.82, 2.24) is 0 Å². The van der Waals surface area contributed by atoms with Gasteiger partial charge in [0.15, 0.2) is 0 Å². The van der Waals surface area contributed by atoms with Crippen LogP contribution in [-0.4, -0.2) is 24.3 Å². The number of benzene rings is 3. The predicted octanol–water partition coefficient (Wildman–Crippen LogP) is 4.36. The van der Waals surface area contributed by atoms with Gasteiger partial charge in [-0.2, -0.15) is 0 Å². The Morgan fingerprint density at radius 2 is 1.27 bits per heavy atom. The molecule has 3 rings (SSSR count). The molecule has 5 heteroatoms. The van der Waals surface area contributed by atoms with Gasteiger partial charge < -0.3 is 0 Å². The molecule has 0 saturated heterocycles. The van der Waals surface area contributed by atoms with E-state index in [-0.39, 0.29) is 18.4 Å². The summed E-state index contributed by atoms with van der Waals surface area (Å²) in [5, 5.41) is 11.3. The summed E-state index contributed by atoms with van der Waals surface area (Å²) >= 11 is 0. The van der Waals surface area contributed by atoms with Gasteiger partial charge in [0.2, 0.25) is 0 Å². The first-order valence-electron chi connectivity index (χ1n) is 10.2. The second kappa shape index (κ2) is 10.5. The van der Waals surface area contributed by atoms with Crippen molar-refractivity contribution in [2.75, 3.05) is 13.2 Å². The Kier molecular flexibility index (Phi) is 7.75. The first-order chi connectivity index (χ1) is 14.6. The van der Waals surface area contributed by atoms with Crippen molar-refractivity contribution in [2.45, 2.75) is 13.8 Å². The standard InChI is InChI=1S/C25H29O4P/c1-20(18-26)21(2)19-28-30(23-14-8-4-9-15-23,24-16-10-5-11-17-24)29-25(27)22-12-6-3-7-13-22/h3-17,20-21,26,30H,18-19H2,1-2H3. The van der Waals surface area contributed by atoms with Crippen molar-refractivity contribution in [1.29, 1.82) is 0 Å². The van der Waals surface area contributed by atoms with Gasteiger partial charge >= 0.3 is 179 Å². The SMILES string of the molecule is CC(CO)C(C)CO[PH](OC(=O)c1ccccc1)(c1ccccc1)c1ccccc1. The van der Waals surface area contributed by atoms with Gasteiger partial charge in [-0.15, -0.1) is 0 Å². The van der Waals surface area contributed by atoms with Gasteiger partial charge in [-0.05, 0) is 0 Å². The third kappa shape index (κ3) is 5.14. The number of aliphatic hydroxyl groups excluding tert-OH is 1. The van der Waals surface area contributed by atoms with Crippen molar-refractivity contribution < 1.29 is 18.9 Å². The molecule has 0 saturated carbocycles. The maximum absolute atomic E-state index is 13.1. The van der Waals surface area contributed by atoms with E-state index in [1.807, 2.05) is 92.7 Å². The molecule has 0 aliphatic rings. The first kappa shape index (κ1) is 22.2. The fraction of sp³-hybridized carbons (Fsp3) is 0.240. The van der Waals surface area contributed by atoms with Gasteiger partial charge in [0, 0.05) is 0 Å². The fourth-order valence-electron chi connectivity index (χ4n) is 3.15. The van der Waals surface area contributed by atoms with Crippen LogP contribution in [0.5, 0.6) is 0 Å². The van der Waals surface area contributed by atoms with E-state index in [2.05, 4.69) is 0 Å². The fourth-order valence-corrected chi connectivity index (χ4v) is 6.25. The summed E-state index contributed by atoms with van der Waals surface area (Å²) in [6, 6.07) is 28.4. The Morgan fingerprint density at radius 3 is 1.73 bits per heavy atom. The van der Waals surface area contributed by atoms with Crippen LogP contribution in [0.1, 0.15) is 24.2 Å². The summed E-state index contributed by atoms with van der Waals surface area (Å²) in [4.78, 5) is 13.1. The molecule has 0 spiro atoms. The number of carbonyl (C=O) groups excluding carboxylic acids is 1. The zero-order chi connectivity index (χ0) is 21.4. The van der Waals surface area contributed by atoms with Crippen LogP contribution in [0.25, 0.3) is 0 Å². The second-order valence-corrected chi connectivity index (χ2v) is 10.4. The van der Waals surface area contributed by atoms with Gasteiger partial charge in [-0.25, -0.2) is 0 Å². The molecule has 3 aromatic carbocycles. The summed E-state index contributed by atoms with van der Waals surface area (Å²) in [5.41, 5.74) is 0.488. The van der Waals surface area contributed by atoms with E-state index in [1.165, 1.54) is 0 Å². The Morgan fingerprint density at radius 1 is 0.800 bits per heavy atom. The molecular formula is C25H29O4P. The second-order valence-electron chi connectivity index (χ2n) is 7.55. The molecule has 2 atom stereocenters. The van der Waals surface area contributed by atoms with Gasteiger partial charge in [-0.3, -0.25) is 0 Å². The Balaban J connectivity index is 2.05. The molecule has 158 valence electrons. The average Bonchev–Trinajstić information content (AvgIpc) is 2.82. The zero-order valence-corrected chi connectivity index (χ0v) is 18.4. The molecule has 4 nitrogen and oxygen atoms in total. The molecule has 2 unspecified atom stereocenters. The van der Waals surface area contributed by atoms with Crippen LogP contribution in [0.3, 0.4) is 0 Å². The molecule has 0 bridgehead atoms. The number of rotatable bonds is 9. The van der Waals surface area contributed by atoms with E-state index in [0.717, 1.165) is 10.6 Å². The van der Waals surface area contributed by atoms with Crippen LogP contribution in [0.2, 0.25) is 0 Å². The van der Waals surface area contributed by atoms with Crippen molar-refractivity contribution >= 4 is 24.3 Å². The molecule has 30 heavy (non-hydrogen) atoms. The van der Waals surface area contributed by atoms with E-state index in [1.54, 1.807) is 12.1 Å². The minimum atomic E-state index is -3.35. The quantitative estimate of drug-likeness (QED) is 0.519. The van der Waals surface area contributed by atoms with Gasteiger partial charge in [-0.1, -0.05) is 0 Å². The Hall–Kier alpha value is -2.52. The van der Waals surface area contributed by atoms with Crippen molar-refractivity contribution in [3.05, 3.63) is 96.6 Å². The molecule has 0 aromatic heterocycles. The van der Waals surface area contributed by atoms with Gasteiger partial charge in [0.1, 0.15) is 0 Å². The number of carbonyl (C=O) groups is 1. The van der Waals surface area contributed by atoms with Gasteiger partial charge in [0.25, 0.3) is 0 Å². The molecule has 0 aliphatic heterocycles. The summed E-state index contributed by atoms with van der Waals surface area (Å²) in [6.45, 7) is 4.48. The zero-order valence-electron chi connectivity index (χ0n) is 17.4. The summed E-state index contributed by atoms with van der Waals surface area (Å²) in [6.07, 6.45) is 0. The summed E-state index contributed by atoms with van der Waals surface area (Å²) in [7, 11) is -3.35. The van der Waals surface area contributed by atoms with Crippen LogP contribution < -0.4 is 10.6 Å². The van der Waals surface area contributed by atoms with E-state index < -0.39 is 13.7 Å². The van der Waals surface area contributed by atoms with Gasteiger partial charge in [0.05, 0.1) is 0 Å². The Labute approximate surface area is 179 Å². The van der Waals surface area contributed by atoms with E-state index >= 15 is 0 Å². The minimum absolute atomic E-state index is 0.0769.